The minimum absolute atomic E-state index is 0.0893. The largest absolute Gasteiger partial charge is 0.452 e. The van der Waals surface area contributed by atoms with Gasteiger partial charge >= 0.3 is 6.09 Å². The van der Waals surface area contributed by atoms with E-state index in [1.165, 1.54) is 22.9 Å². The SMILES string of the molecule is COC(=O)N(c1c(N)nc(-c2nn(Cc3ccccc3F)c3ncc(F)cc23)nc1N)C(F)C(F)F. The number of hydrogen-bond donors (Lipinski definition) is 2. The van der Waals surface area contributed by atoms with Crippen molar-refractivity contribution in [3.05, 3.63) is 53.7 Å². The molecule has 0 aliphatic carbocycles. The molecule has 0 radical (unpaired) electrons. The molecular weight excluding hydrogens is 491 g/mol. The third-order valence-electron chi connectivity index (χ3n) is 5.05. The molecule has 0 spiro atoms. The Morgan fingerprint density at radius 3 is 2.42 bits per heavy atom. The van der Waals surface area contributed by atoms with Gasteiger partial charge < -0.3 is 16.2 Å². The summed E-state index contributed by atoms with van der Waals surface area (Å²) in [5.41, 5.74) is 11.2. The average molecular weight is 508 g/mol. The van der Waals surface area contributed by atoms with Crippen LogP contribution in [-0.4, -0.2) is 50.7 Å². The molecule has 1 unspecified atom stereocenters. The molecule has 0 saturated heterocycles. The standard InChI is InChI=1S/C21H17F5N8O2/c1-36-21(35)34(16(26)15(24)25)14-17(27)30-19(31-18(14)28)13-11-6-10(22)7-29-20(11)33(32-13)8-9-4-2-3-5-12(9)23/h2-7,15-16H,8H2,1H3,(H4,27,28,30,31). The molecule has 0 aliphatic rings. The van der Waals surface area contributed by atoms with Crippen LogP contribution in [0.4, 0.5) is 44.1 Å². The molecule has 10 nitrogen and oxygen atoms in total. The fourth-order valence-electron chi connectivity index (χ4n) is 3.47. The van der Waals surface area contributed by atoms with Crippen molar-refractivity contribution < 1.29 is 31.5 Å². The van der Waals surface area contributed by atoms with E-state index in [1.807, 2.05) is 0 Å². The van der Waals surface area contributed by atoms with Gasteiger partial charge in [0.1, 0.15) is 23.0 Å². The molecule has 0 fully saturated rings. The molecule has 3 heterocycles. The summed E-state index contributed by atoms with van der Waals surface area (Å²) >= 11 is 0. The molecule has 4 N–H and O–H groups in total. The number of hydrogen-bond acceptors (Lipinski definition) is 8. The van der Waals surface area contributed by atoms with Gasteiger partial charge in [-0.25, -0.2) is 51.3 Å². The number of nitrogens with zero attached hydrogens (tertiary/aromatic N) is 6. The predicted octanol–water partition coefficient (Wildman–Crippen LogP) is 3.51. The number of nitrogen functional groups attached to an aromatic ring is 2. The maximum atomic E-state index is 14.2. The molecule has 4 aromatic rings. The first-order valence-corrected chi connectivity index (χ1v) is 10.1. The quantitative estimate of drug-likeness (QED) is 0.298. The Labute approximate surface area is 199 Å². The molecule has 188 valence electrons. The highest BCUT2D eigenvalue weighted by molar-refractivity contribution is 5.96. The summed E-state index contributed by atoms with van der Waals surface area (Å²) in [5.74, 6) is -2.88. The van der Waals surface area contributed by atoms with E-state index in [0.29, 0.717) is 0 Å². The summed E-state index contributed by atoms with van der Waals surface area (Å²) in [4.78, 5) is 23.7. The van der Waals surface area contributed by atoms with Gasteiger partial charge in [0.2, 0.25) is 6.30 Å². The highest BCUT2D eigenvalue weighted by Gasteiger charge is 2.37. The van der Waals surface area contributed by atoms with Gasteiger partial charge in [-0.05, 0) is 12.1 Å². The Balaban J connectivity index is 1.86. The number of halogens is 5. The van der Waals surface area contributed by atoms with Crippen molar-refractivity contribution in [2.24, 2.45) is 0 Å². The number of methoxy groups -OCH3 is 1. The van der Waals surface area contributed by atoms with Crippen molar-refractivity contribution >= 4 is 34.4 Å². The van der Waals surface area contributed by atoms with Crippen molar-refractivity contribution in [1.82, 2.24) is 24.7 Å². The van der Waals surface area contributed by atoms with Gasteiger partial charge in [-0.2, -0.15) is 5.10 Å². The van der Waals surface area contributed by atoms with Gasteiger partial charge in [-0.1, -0.05) is 18.2 Å². The minimum atomic E-state index is -3.63. The van der Waals surface area contributed by atoms with Crippen LogP contribution < -0.4 is 16.4 Å². The van der Waals surface area contributed by atoms with E-state index >= 15 is 0 Å². The van der Waals surface area contributed by atoms with E-state index in [-0.39, 0.29) is 39.6 Å². The maximum absolute atomic E-state index is 14.2. The van der Waals surface area contributed by atoms with Crippen LogP contribution in [-0.2, 0) is 11.3 Å². The van der Waals surface area contributed by atoms with Gasteiger partial charge in [0.25, 0.3) is 6.43 Å². The highest BCUT2D eigenvalue weighted by Crippen LogP contribution is 2.35. The lowest BCUT2D eigenvalue weighted by atomic mass is 10.2. The van der Waals surface area contributed by atoms with Crippen LogP contribution in [0.1, 0.15) is 5.56 Å². The van der Waals surface area contributed by atoms with Crippen LogP contribution in [0.3, 0.4) is 0 Å². The molecule has 1 aromatic carbocycles. The normalized spacial score (nSPS) is 12.2. The second-order valence-electron chi connectivity index (χ2n) is 7.34. The number of aromatic nitrogens is 5. The highest BCUT2D eigenvalue weighted by atomic mass is 19.3. The van der Waals surface area contributed by atoms with E-state index in [4.69, 9.17) is 11.5 Å². The number of pyridine rings is 1. The Bertz CT molecular complexity index is 1420. The fourth-order valence-corrected chi connectivity index (χ4v) is 3.47. The second-order valence-corrected chi connectivity index (χ2v) is 7.34. The topological polar surface area (TPSA) is 138 Å². The lowest BCUT2D eigenvalue weighted by Crippen LogP contribution is -2.43. The van der Waals surface area contributed by atoms with Crippen LogP contribution in [0.25, 0.3) is 22.6 Å². The maximum Gasteiger partial charge on any atom is 0.416 e. The smallest absolute Gasteiger partial charge is 0.416 e. The molecule has 0 bridgehead atoms. The van der Waals surface area contributed by atoms with Crippen LogP contribution >= 0.6 is 0 Å². The number of amides is 1. The third kappa shape index (κ3) is 4.42. The summed E-state index contributed by atoms with van der Waals surface area (Å²) in [6.45, 7) is -0.0983. The zero-order chi connectivity index (χ0) is 26.1. The minimum Gasteiger partial charge on any atom is -0.452 e. The average Bonchev–Trinajstić information content (AvgIpc) is 3.19. The molecule has 0 aliphatic heterocycles. The first-order valence-electron chi connectivity index (χ1n) is 10.1. The predicted molar refractivity (Wildman–Crippen MR) is 119 cm³/mol. The van der Waals surface area contributed by atoms with Gasteiger partial charge in [0, 0.05) is 5.56 Å². The number of anilines is 3. The fraction of sp³-hybridized carbons (Fsp3) is 0.190. The van der Waals surface area contributed by atoms with Crippen LogP contribution in [0, 0.1) is 11.6 Å². The van der Waals surface area contributed by atoms with Crippen molar-refractivity contribution in [3.63, 3.8) is 0 Å². The number of ether oxygens (including phenoxy) is 1. The zero-order valence-corrected chi connectivity index (χ0v) is 18.4. The number of alkyl halides is 3. The molecular formula is C21H17F5N8O2. The monoisotopic (exact) mass is 508 g/mol. The summed E-state index contributed by atoms with van der Waals surface area (Å²) in [5, 5.41) is 4.39. The van der Waals surface area contributed by atoms with Crippen molar-refractivity contribution in [3.8, 4) is 11.5 Å². The first kappa shape index (κ1) is 24.6. The van der Waals surface area contributed by atoms with E-state index < -0.39 is 47.8 Å². The van der Waals surface area contributed by atoms with Crippen LogP contribution in [0.2, 0.25) is 0 Å². The van der Waals surface area contributed by atoms with E-state index in [0.717, 1.165) is 19.4 Å². The summed E-state index contributed by atoms with van der Waals surface area (Å²) in [7, 11) is 0.838. The Kier molecular flexibility index (Phi) is 6.55. The number of carbonyl (C=O) groups is 1. The summed E-state index contributed by atoms with van der Waals surface area (Å²) in [6, 6.07) is 6.97. The lowest BCUT2D eigenvalue weighted by Gasteiger charge is -2.25. The Morgan fingerprint density at radius 2 is 1.81 bits per heavy atom. The number of benzene rings is 1. The van der Waals surface area contributed by atoms with Gasteiger partial charge in [-0.3, -0.25) is 0 Å². The molecule has 3 aromatic heterocycles. The van der Waals surface area contributed by atoms with Crippen molar-refractivity contribution in [2.45, 2.75) is 19.3 Å². The summed E-state index contributed by atoms with van der Waals surface area (Å²) in [6.07, 6.45) is -7.40. The van der Waals surface area contributed by atoms with E-state index in [9.17, 15) is 26.7 Å². The van der Waals surface area contributed by atoms with E-state index in [2.05, 4.69) is 24.8 Å². The molecule has 0 saturated carbocycles. The number of rotatable bonds is 6. The number of nitrogens with two attached hydrogens (primary N) is 2. The van der Waals surface area contributed by atoms with Crippen molar-refractivity contribution in [1.29, 1.82) is 0 Å². The Hall–Kier alpha value is -4.56. The second kappa shape index (κ2) is 9.59. The zero-order valence-electron chi connectivity index (χ0n) is 18.4. The molecule has 4 rings (SSSR count). The van der Waals surface area contributed by atoms with Crippen LogP contribution in [0.5, 0.6) is 0 Å². The van der Waals surface area contributed by atoms with Gasteiger partial charge in [-0.15, -0.1) is 0 Å². The van der Waals surface area contributed by atoms with E-state index in [1.54, 1.807) is 6.07 Å². The molecule has 1 atom stereocenters. The van der Waals surface area contributed by atoms with Gasteiger partial charge in [0.15, 0.2) is 23.1 Å². The van der Waals surface area contributed by atoms with Crippen LogP contribution in [0.15, 0.2) is 36.5 Å². The summed E-state index contributed by atoms with van der Waals surface area (Å²) < 4.78 is 74.2. The third-order valence-corrected chi connectivity index (χ3v) is 5.05. The molecule has 36 heavy (non-hydrogen) atoms. The van der Waals surface area contributed by atoms with Crippen molar-refractivity contribution in [2.75, 3.05) is 23.5 Å². The Morgan fingerprint density at radius 1 is 1.14 bits per heavy atom. The number of fused-ring (bicyclic) bond motifs is 1. The molecule has 1 amide bonds. The van der Waals surface area contributed by atoms with Gasteiger partial charge in [0.05, 0.1) is 25.2 Å². The first-order chi connectivity index (χ1) is 17.1. The number of carbonyl (C=O) groups excluding carboxylic acids is 1. The lowest BCUT2D eigenvalue weighted by molar-refractivity contribution is 0.0462. The molecule has 15 heteroatoms.